The van der Waals surface area contributed by atoms with Crippen LogP contribution in [0, 0.1) is 5.92 Å². The van der Waals surface area contributed by atoms with Crippen molar-refractivity contribution in [1.82, 2.24) is 0 Å². The summed E-state index contributed by atoms with van der Waals surface area (Å²) in [5.74, 6) is 0.690. The smallest absolute Gasteiger partial charge is 0.172 e. The van der Waals surface area contributed by atoms with E-state index in [1.54, 1.807) is 12.2 Å². The van der Waals surface area contributed by atoms with Gasteiger partial charge in [0.25, 0.3) is 0 Å². The first-order valence-corrected chi connectivity index (χ1v) is 5.37. The van der Waals surface area contributed by atoms with Gasteiger partial charge < -0.3 is 4.74 Å². The summed E-state index contributed by atoms with van der Waals surface area (Å²) in [5, 5.41) is 0. The maximum Gasteiger partial charge on any atom is 0.172 e. The average molecular weight is 208 g/mol. The van der Waals surface area contributed by atoms with Crippen molar-refractivity contribution >= 4 is 5.78 Å². The van der Waals surface area contributed by atoms with Crippen LogP contribution < -0.4 is 0 Å². The summed E-state index contributed by atoms with van der Waals surface area (Å²) in [6, 6.07) is 0. The topological polar surface area (TPSA) is 26.3 Å². The first-order valence-electron chi connectivity index (χ1n) is 5.37. The summed E-state index contributed by atoms with van der Waals surface area (Å²) in [5.41, 5.74) is 0.635. The van der Waals surface area contributed by atoms with E-state index in [1.807, 2.05) is 33.8 Å². The Morgan fingerprint density at radius 3 is 2.53 bits per heavy atom. The number of hydrogen-bond donors (Lipinski definition) is 0. The molecular formula is C13H20O2. The molecule has 0 bridgehead atoms. The third kappa shape index (κ3) is 3.39. The van der Waals surface area contributed by atoms with Gasteiger partial charge in [-0.15, -0.1) is 0 Å². The molecule has 0 aromatic heterocycles. The molecule has 2 nitrogen and oxygen atoms in total. The van der Waals surface area contributed by atoms with Crippen LogP contribution in [0.1, 0.15) is 27.7 Å². The van der Waals surface area contributed by atoms with Gasteiger partial charge in [-0.25, -0.2) is 0 Å². The zero-order chi connectivity index (χ0) is 11.8. The molecule has 0 aromatic carbocycles. The minimum Gasteiger partial charge on any atom is -0.492 e. The van der Waals surface area contributed by atoms with E-state index in [2.05, 4.69) is 6.58 Å². The van der Waals surface area contributed by atoms with Crippen LogP contribution in [0.3, 0.4) is 0 Å². The highest BCUT2D eigenvalue weighted by Crippen LogP contribution is 2.21. The maximum absolute atomic E-state index is 11.6. The Hall–Kier alpha value is -1.31. The monoisotopic (exact) mass is 208 g/mol. The van der Waals surface area contributed by atoms with Gasteiger partial charge in [0, 0.05) is 0 Å². The first kappa shape index (κ1) is 13.7. The molecule has 1 aliphatic rings. The standard InChI is InChI=1S/C11H14O2.C2H6/c1-4-6-9-10(5-2)13-7-8(3)11(9)12;1-2/h4-6,8H,2,7H2,1,3H3;1-2H3/b6-4-;. The molecule has 1 aliphatic heterocycles. The SMILES string of the molecule is C=CC1=C(/C=C\C)C(=O)C(C)CO1.CC. The van der Waals surface area contributed by atoms with E-state index in [9.17, 15) is 4.79 Å². The summed E-state index contributed by atoms with van der Waals surface area (Å²) >= 11 is 0. The summed E-state index contributed by atoms with van der Waals surface area (Å²) in [4.78, 5) is 11.6. The van der Waals surface area contributed by atoms with Gasteiger partial charge in [0.15, 0.2) is 5.78 Å². The minimum atomic E-state index is -0.0464. The van der Waals surface area contributed by atoms with E-state index >= 15 is 0 Å². The number of allylic oxidation sites excluding steroid dienone is 4. The van der Waals surface area contributed by atoms with Crippen molar-refractivity contribution in [3.63, 3.8) is 0 Å². The van der Waals surface area contributed by atoms with E-state index in [0.29, 0.717) is 17.9 Å². The summed E-state index contributed by atoms with van der Waals surface area (Å²) < 4.78 is 5.36. The lowest BCUT2D eigenvalue weighted by Gasteiger charge is -2.21. The fourth-order valence-corrected chi connectivity index (χ4v) is 1.25. The Bertz CT molecular complexity index is 285. The van der Waals surface area contributed by atoms with Crippen LogP contribution in [0.2, 0.25) is 0 Å². The number of carbonyl (C=O) groups excluding carboxylic acids is 1. The van der Waals surface area contributed by atoms with Gasteiger partial charge in [-0.2, -0.15) is 0 Å². The van der Waals surface area contributed by atoms with Crippen LogP contribution in [-0.4, -0.2) is 12.4 Å². The van der Waals surface area contributed by atoms with Crippen LogP contribution in [0.5, 0.6) is 0 Å². The largest absolute Gasteiger partial charge is 0.492 e. The summed E-state index contributed by atoms with van der Waals surface area (Å²) in [6.07, 6.45) is 5.19. The first-order chi connectivity index (χ1) is 7.20. The third-order valence-corrected chi connectivity index (χ3v) is 1.99. The Kier molecular flexibility index (Phi) is 6.43. The molecule has 1 atom stereocenters. The zero-order valence-corrected chi connectivity index (χ0v) is 10.0. The van der Waals surface area contributed by atoms with Crippen LogP contribution in [0.25, 0.3) is 0 Å². The third-order valence-electron chi connectivity index (χ3n) is 1.99. The van der Waals surface area contributed by atoms with E-state index < -0.39 is 0 Å². The van der Waals surface area contributed by atoms with Crippen LogP contribution in [-0.2, 0) is 9.53 Å². The second-order valence-corrected chi connectivity index (χ2v) is 3.06. The fourth-order valence-electron chi connectivity index (χ4n) is 1.25. The number of ether oxygens (including phenoxy) is 1. The molecule has 0 aliphatic carbocycles. The molecule has 0 aromatic rings. The van der Waals surface area contributed by atoms with E-state index in [-0.39, 0.29) is 11.7 Å². The quantitative estimate of drug-likeness (QED) is 0.696. The van der Waals surface area contributed by atoms with Crippen LogP contribution in [0.4, 0.5) is 0 Å². The molecule has 0 spiro atoms. The second kappa shape index (κ2) is 7.04. The van der Waals surface area contributed by atoms with Crippen molar-refractivity contribution in [3.05, 3.63) is 36.1 Å². The summed E-state index contributed by atoms with van der Waals surface area (Å²) in [6.45, 7) is 11.8. The Labute approximate surface area is 92.3 Å². The van der Waals surface area contributed by atoms with Crippen molar-refractivity contribution in [3.8, 4) is 0 Å². The highest BCUT2D eigenvalue weighted by molar-refractivity contribution is 6.01. The molecule has 15 heavy (non-hydrogen) atoms. The normalized spacial score (nSPS) is 20.8. The van der Waals surface area contributed by atoms with Crippen molar-refractivity contribution in [1.29, 1.82) is 0 Å². The zero-order valence-electron chi connectivity index (χ0n) is 10.0. The highest BCUT2D eigenvalue weighted by Gasteiger charge is 2.24. The average Bonchev–Trinajstić information content (AvgIpc) is 2.28. The van der Waals surface area contributed by atoms with Gasteiger partial charge in [0.05, 0.1) is 18.1 Å². The number of rotatable bonds is 2. The Balaban J connectivity index is 0.000000921. The van der Waals surface area contributed by atoms with E-state index in [1.165, 1.54) is 0 Å². The molecule has 0 N–H and O–H groups in total. The minimum absolute atomic E-state index is 0.0464. The van der Waals surface area contributed by atoms with Gasteiger partial charge in [0.2, 0.25) is 0 Å². The van der Waals surface area contributed by atoms with Crippen molar-refractivity contribution in [2.75, 3.05) is 6.61 Å². The van der Waals surface area contributed by atoms with E-state index in [0.717, 1.165) is 0 Å². The van der Waals surface area contributed by atoms with Gasteiger partial charge in [-0.05, 0) is 13.0 Å². The molecular weight excluding hydrogens is 188 g/mol. The lowest BCUT2D eigenvalue weighted by atomic mass is 9.96. The van der Waals surface area contributed by atoms with E-state index in [4.69, 9.17) is 4.74 Å². The molecule has 0 amide bonds. The lowest BCUT2D eigenvalue weighted by Crippen LogP contribution is -2.24. The Morgan fingerprint density at radius 1 is 1.47 bits per heavy atom. The lowest BCUT2D eigenvalue weighted by molar-refractivity contribution is -0.121. The van der Waals surface area contributed by atoms with Crippen LogP contribution in [0.15, 0.2) is 36.1 Å². The van der Waals surface area contributed by atoms with Gasteiger partial charge in [-0.1, -0.05) is 39.5 Å². The predicted molar refractivity (Wildman–Crippen MR) is 63.5 cm³/mol. The fraction of sp³-hybridized carbons (Fsp3) is 0.462. The number of hydrogen-bond acceptors (Lipinski definition) is 2. The molecule has 1 heterocycles. The predicted octanol–water partition coefficient (Wildman–Crippen LogP) is 3.26. The molecule has 0 fully saturated rings. The molecule has 0 radical (unpaired) electrons. The van der Waals surface area contributed by atoms with Crippen LogP contribution >= 0.6 is 0 Å². The molecule has 1 rings (SSSR count). The molecule has 84 valence electrons. The Morgan fingerprint density at radius 2 is 2.07 bits per heavy atom. The molecule has 1 unspecified atom stereocenters. The van der Waals surface area contributed by atoms with Gasteiger partial charge in [-0.3, -0.25) is 4.79 Å². The number of ketones is 1. The maximum atomic E-state index is 11.6. The molecule has 2 heteroatoms. The van der Waals surface area contributed by atoms with Crippen molar-refractivity contribution in [2.24, 2.45) is 5.92 Å². The summed E-state index contributed by atoms with van der Waals surface area (Å²) in [7, 11) is 0. The van der Waals surface area contributed by atoms with Crippen molar-refractivity contribution in [2.45, 2.75) is 27.7 Å². The number of carbonyl (C=O) groups is 1. The van der Waals surface area contributed by atoms with Gasteiger partial charge >= 0.3 is 0 Å². The van der Waals surface area contributed by atoms with Crippen molar-refractivity contribution < 1.29 is 9.53 Å². The molecule has 0 saturated carbocycles. The second-order valence-electron chi connectivity index (χ2n) is 3.06. The molecule has 0 saturated heterocycles. The number of Topliss-reactive ketones (excluding diaryl/α,β-unsaturated/α-hetero) is 1. The highest BCUT2D eigenvalue weighted by atomic mass is 16.5. The van der Waals surface area contributed by atoms with Gasteiger partial charge in [0.1, 0.15) is 5.76 Å².